The summed E-state index contributed by atoms with van der Waals surface area (Å²) in [6.45, 7) is 1.86. The number of carbonyl (C=O) groups is 1. The molecule has 1 aromatic heterocycles. The molecule has 0 aliphatic carbocycles. The molecule has 0 aliphatic rings. The monoisotopic (exact) mass is 284 g/mol. The van der Waals surface area contributed by atoms with Gasteiger partial charge >= 0.3 is 0 Å². The fourth-order valence-electron chi connectivity index (χ4n) is 1.50. The number of halogens is 2. The van der Waals surface area contributed by atoms with Gasteiger partial charge in [0.2, 0.25) is 0 Å². The smallest absolute Gasteiger partial charge is 0.172 e. The molecule has 0 radical (unpaired) electrons. The second-order valence-corrected chi connectivity index (χ2v) is 5.41. The summed E-state index contributed by atoms with van der Waals surface area (Å²) in [5.41, 5.74) is 0.874. The number of thiophene rings is 1. The Morgan fingerprint density at radius 1 is 1.24 bits per heavy atom. The van der Waals surface area contributed by atoms with E-state index in [2.05, 4.69) is 0 Å². The molecule has 1 nitrogen and oxygen atoms in total. The van der Waals surface area contributed by atoms with Crippen LogP contribution in [0.15, 0.2) is 30.3 Å². The van der Waals surface area contributed by atoms with Crippen LogP contribution < -0.4 is 0 Å². The molecule has 4 heteroatoms. The maximum atomic E-state index is 11.6. The number of rotatable bonds is 3. The quantitative estimate of drug-likeness (QED) is 0.698. The van der Waals surface area contributed by atoms with Crippen LogP contribution in [0.3, 0.4) is 0 Å². The Morgan fingerprint density at radius 3 is 2.71 bits per heavy atom. The summed E-state index contributed by atoms with van der Waals surface area (Å²) >= 11 is 13.6. The summed E-state index contributed by atoms with van der Waals surface area (Å²) in [5, 5.41) is 1.06. The minimum absolute atomic E-state index is 0.152. The Kier molecular flexibility index (Phi) is 3.87. The lowest BCUT2D eigenvalue weighted by Gasteiger charge is -2.02. The van der Waals surface area contributed by atoms with Crippen LogP contribution >= 0.6 is 34.5 Å². The first-order valence-electron chi connectivity index (χ1n) is 5.21. The molecule has 0 saturated carbocycles. The molecule has 88 valence electrons. The first-order chi connectivity index (χ1) is 8.13. The highest BCUT2D eigenvalue weighted by molar-refractivity contribution is 7.17. The Bertz CT molecular complexity index is 560. The first-order valence-corrected chi connectivity index (χ1v) is 6.78. The van der Waals surface area contributed by atoms with E-state index in [0.717, 1.165) is 15.3 Å². The van der Waals surface area contributed by atoms with Crippen LogP contribution in [0.4, 0.5) is 0 Å². The summed E-state index contributed by atoms with van der Waals surface area (Å²) in [4.78, 5) is 13.3. The minimum Gasteiger partial charge on any atom is -0.293 e. The average Bonchev–Trinajstić information content (AvgIpc) is 2.81. The Balaban J connectivity index is 2.44. The molecule has 17 heavy (non-hydrogen) atoms. The van der Waals surface area contributed by atoms with Gasteiger partial charge in [-0.1, -0.05) is 42.3 Å². The third-order valence-electron chi connectivity index (χ3n) is 2.42. The van der Waals surface area contributed by atoms with Crippen molar-refractivity contribution >= 4 is 40.3 Å². The second kappa shape index (κ2) is 5.21. The van der Waals surface area contributed by atoms with E-state index in [9.17, 15) is 4.79 Å². The van der Waals surface area contributed by atoms with Crippen molar-refractivity contribution < 1.29 is 4.79 Å². The van der Waals surface area contributed by atoms with Gasteiger partial charge in [0.15, 0.2) is 5.78 Å². The number of ketones is 1. The van der Waals surface area contributed by atoms with Gasteiger partial charge in [-0.2, -0.15) is 0 Å². The van der Waals surface area contributed by atoms with Gasteiger partial charge in [0, 0.05) is 16.9 Å². The molecule has 2 aromatic rings. The summed E-state index contributed by atoms with van der Waals surface area (Å²) < 4.78 is 0. The molecule has 1 aromatic carbocycles. The van der Waals surface area contributed by atoms with Crippen LogP contribution in [0.1, 0.15) is 23.0 Å². The Labute approximate surface area is 114 Å². The van der Waals surface area contributed by atoms with Crippen molar-refractivity contribution in [2.45, 2.75) is 13.3 Å². The maximum Gasteiger partial charge on any atom is 0.172 e. The number of hydrogen-bond donors (Lipinski definition) is 0. The Hall–Kier alpha value is -0.830. The Morgan fingerprint density at radius 2 is 2.00 bits per heavy atom. The minimum atomic E-state index is 0.152. The molecule has 0 amide bonds. The van der Waals surface area contributed by atoms with Crippen molar-refractivity contribution in [3.8, 4) is 10.4 Å². The molecule has 0 aliphatic heterocycles. The van der Waals surface area contributed by atoms with E-state index < -0.39 is 0 Å². The van der Waals surface area contributed by atoms with Crippen LogP contribution in [-0.2, 0) is 0 Å². The van der Waals surface area contributed by atoms with Crippen molar-refractivity contribution in [1.29, 1.82) is 0 Å². The van der Waals surface area contributed by atoms with Gasteiger partial charge in [-0.05, 0) is 18.2 Å². The predicted octanol–water partition coefficient (Wildman–Crippen LogP) is 5.31. The van der Waals surface area contributed by atoms with Gasteiger partial charge < -0.3 is 0 Å². The van der Waals surface area contributed by atoms with Gasteiger partial charge in [-0.15, -0.1) is 11.3 Å². The fourth-order valence-corrected chi connectivity index (χ4v) is 3.01. The van der Waals surface area contributed by atoms with Gasteiger partial charge in [-0.25, -0.2) is 0 Å². The second-order valence-electron chi connectivity index (χ2n) is 3.54. The SMILES string of the molecule is CCC(=O)c1ccc(-c2cccc(Cl)c2Cl)s1. The normalized spacial score (nSPS) is 10.5. The zero-order chi connectivity index (χ0) is 12.4. The summed E-state index contributed by atoms with van der Waals surface area (Å²) in [5.74, 6) is 0.152. The van der Waals surface area contributed by atoms with Crippen molar-refractivity contribution in [3.05, 3.63) is 45.3 Å². The van der Waals surface area contributed by atoms with Gasteiger partial charge in [0.05, 0.1) is 14.9 Å². The molecule has 1 heterocycles. The van der Waals surface area contributed by atoms with E-state index in [1.807, 2.05) is 31.2 Å². The van der Waals surface area contributed by atoms with Crippen LogP contribution in [0.5, 0.6) is 0 Å². The summed E-state index contributed by atoms with van der Waals surface area (Å²) in [6.07, 6.45) is 0.517. The molecule has 0 fully saturated rings. The average molecular weight is 285 g/mol. The highest BCUT2D eigenvalue weighted by Gasteiger charge is 2.11. The molecular weight excluding hydrogens is 275 g/mol. The van der Waals surface area contributed by atoms with E-state index >= 15 is 0 Å². The van der Waals surface area contributed by atoms with Crippen LogP contribution in [0.25, 0.3) is 10.4 Å². The van der Waals surface area contributed by atoms with Crippen molar-refractivity contribution in [2.24, 2.45) is 0 Å². The third-order valence-corrected chi connectivity index (χ3v) is 4.40. The van der Waals surface area contributed by atoms with Crippen LogP contribution in [0.2, 0.25) is 10.0 Å². The third kappa shape index (κ3) is 2.54. The molecule has 0 bridgehead atoms. The van der Waals surface area contributed by atoms with Crippen LogP contribution in [0, 0.1) is 0 Å². The van der Waals surface area contributed by atoms with Crippen molar-refractivity contribution in [3.63, 3.8) is 0 Å². The molecule has 0 atom stereocenters. The molecule has 0 N–H and O–H groups in total. The van der Waals surface area contributed by atoms with Gasteiger partial charge in [0.1, 0.15) is 0 Å². The zero-order valence-corrected chi connectivity index (χ0v) is 11.5. The summed E-state index contributed by atoms with van der Waals surface area (Å²) in [7, 11) is 0. The lowest BCUT2D eigenvalue weighted by atomic mass is 10.2. The molecular formula is C13H10Cl2OS. The first kappa shape index (κ1) is 12.6. The highest BCUT2D eigenvalue weighted by atomic mass is 35.5. The van der Waals surface area contributed by atoms with E-state index in [4.69, 9.17) is 23.2 Å². The largest absolute Gasteiger partial charge is 0.293 e. The van der Waals surface area contributed by atoms with Crippen molar-refractivity contribution in [2.75, 3.05) is 0 Å². The standard InChI is InChI=1S/C13H10Cl2OS/c1-2-10(16)12-7-6-11(17-12)8-4-3-5-9(14)13(8)15/h3-7H,2H2,1H3. The fraction of sp³-hybridized carbons (Fsp3) is 0.154. The highest BCUT2D eigenvalue weighted by Crippen LogP contribution is 2.37. The number of benzene rings is 1. The number of hydrogen-bond acceptors (Lipinski definition) is 2. The molecule has 0 saturated heterocycles. The lowest BCUT2D eigenvalue weighted by Crippen LogP contribution is -1.90. The maximum absolute atomic E-state index is 11.6. The molecule has 0 unspecified atom stereocenters. The predicted molar refractivity (Wildman–Crippen MR) is 74.4 cm³/mol. The van der Waals surface area contributed by atoms with E-state index in [1.165, 1.54) is 11.3 Å². The summed E-state index contributed by atoms with van der Waals surface area (Å²) in [6, 6.07) is 9.25. The van der Waals surface area contributed by atoms with E-state index in [-0.39, 0.29) is 5.78 Å². The lowest BCUT2D eigenvalue weighted by molar-refractivity contribution is 0.0992. The van der Waals surface area contributed by atoms with E-state index in [0.29, 0.717) is 16.5 Å². The van der Waals surface area contributed by atoms with Crippen molar-refractivity contribution in [1.82, 2.24) is 0 Å². The zero-order valence-electron chi connectivity index (χ0n) is 9.17. The van der Waals surface area contributed by atoms with Crippen LogP contribution in [-0.4, -0.2) is 5.78 Å². The van der Waals surface area contributed by atoms with Gasteiger partial charge in [-0.3, -0.25) is 4.79 Å². The molecule has 2 rings (SSSR count). The number of carbonyl (C=O) groups excluding carboxylic acids is 1. The molecule has 0 spiro atoms. The van der Waals surface area contributed by atoms with E-state index in [1.54, 1.807) is 6.07 Å². The number of Topliss-reactive ketones (excluding diaryl/α,β-unsaturated/α-hetero) is 1. The van der Waals surface area contributed by atoms with Gasteiger partial charge in [0.25, 0.3) is 0 Å². The topological polar surface area (TPSA) is 17.1 Å².